The maximum absolute atomic E-state index is 12.6. The molecule has 1 N–H and O–H groups in total. The monoisotopic (exact) mass is 371 g/mol. The molecule has 26 heavy (non-hydrogen) atoms. The van der Waals surface area contributed by atoms with E-state index in [1.165, 1.54) is 15.9 Å². The molecular weight excluding hydrogens is 354 g/mol. The molecule has 8 nitrogen and oxygen atoms in total. The molecular formula is C17H17N5O3S. The summed E-state index contributed by atoms with van der Waals surface area (Å²) >= 11 is 1.44. The minimum atomic E-state index is -0.473. The maximum Gasteiger partial charge on any atom is 0.341 e. The van der Waals surface area contributed by atoms with E-state index < -0.39 is 11.9 Å². The molecule has 1 aliphatic rings. The quantitative estimate of drug-likeness (QED) is 0.708. The van der Waals surface area contributed by atoms with Crippen molar-refractivity contribution in [1.29, 1.82) is 0 Å². The van der Waals surface area contributed by atoms with Crippen LogP contribution in [0.4, 0.5) is 5.00 Å². The Kier molecular flexibility index (Phi) is 4.37. The van der Waals surface area contributed by atoms with E-state index >= 15 is 0 Å². The SMILES string of the molecule is CCOC(=O)c1c(NC(=O)c2nc3ncccn3n2)sc2c1CCCC2. The number of hydrogen-bond acceptors (Lipinski definition) is 7. The van der Waals surface area contributed by atoms with Crippen LogP contribution >= 0.6 is 11.3 Å². The topological polar surface area (TPSA) is 98.5 Å². The third-order valence-electron chi connectivity index (χ3n) is 4.20. The smallest absolute Gasteiger partial charge is 0.341 e. The number of anilines is 1. The number of nitrogens with zero attached hydrogens (tertiary/aromatic N) is 4. The minimum absolute atomic E-state index is 0.00452. The lowest BCUT2D eigenvalue weighted by molar-refractivity contribution is 0.0526. The van der Waals surface area contributed by atoms with Gasteiger partial charge in [-0.05, 0) is 44.2 Å². The predicted molar refractivity (Wildman–Crippen MR) is 95.7 cm³/mol. The van der Waals surface area contributed by atoms with Gasteiger partial charge in [-0.15, -0.1) is 16.4 Å². The van der Waals surface area contributed by atoms with E-state index in [2.05, 4.69) is 20.4 Å². The van der Waals surface area contributed by atoms with Crippen LogP contribution in [0.1, 0.15) is 51.2 Å². The summed E-state index contributed by atoms with van der Waals surface area (Å²) in [5.41, 5.74) is 1.47. The molecule has 0 fully saturated rings. The molecule has 3 heterocycles. The van der Waals surface area contributed by atoms with Crippen LogP contribution in [0.3, 0.4) is 0 Å². The van der Waals surface area contributed by atoms with Crippen molar-refractivity contribution >= 4 is 34.0 Å². The number of carbonyl (C=O) groups excluding carboxylic acids is 2. The second-order valence-corrected chi connectivity index (χ2v) is 6.99. The van der Waals surface area contributed by atoms with Crippen LogP contribution in [-0.4, -0.2) is 38.1 Å². The van der Waals surface area contributed by atoms with Crippen molar-refractivity contribution in [2.45, 2.75) is 32.6 Å². The van der Waals surface area contributed by atoms with E-state index in [1.54, 1.807) is 25.4 Å². The predicted octanol–water partition coefficient (Wildman–Crippen LogP) is 2.49. The molecule has 0 spiro atoms. The molecule has 3 aromatic rings. The third-order valence-corrected chi connectivity index (χ3v) is 5.40. The van der Waals surface area contributed by atoms with Crippen molar-refractivity contribution in [2.75, 3.05) is 11.9 Å². The maximum atomic E-state index is 12.6. The van der Waals surface area contributed by atoms with Gasteiger partial charge in [-0.2, -0.15) is 4.98 Å². The lowest BCUT2D eigenvalue weighted by atomic mass is 9.95. The average Bonchev–Trinajstić information content (AvgIpc) is 3.22. The summed E-state index contributed by atoms with van der Waals surface area (Å²) < 4.78 is 6.63. The van der Waals surface area contributed by atoms with Gasteiger partial charge in [-0.1, -0.05) is 0 Å². The van der Waals surface area contributed by atoms with E-state index in [0.717, 1.165) is 36.1 Å². The lowest BCUT2D eigenvalue weighted by Crippen LogP contribution is -2.17. The molecule has 0 saturated carbocycles. The molecule has 134 valence electrons. The first-order chi connectivity index (χ1) is 12.7. The Morgan fingerprint density at radius 2 is 2.19 bits per heavy atom. The fourth-order valence-corrected chi connectivity index (χ4v) is 4.33. The number of esters is 1. The average molecular weight is 371 g/mol. The van der Waals surface area contributed by atoms with Crippen molar-refractivity contribution in [3.63, 3.8) is 0 Å². The number of fused-ring (bicyclic) bond motifs is 2. The summed E-state index contributed by atoms with van der Waals surface area (Å²) in [5.74, 6) is -0.523. The zero-order valence-electron chi connectivity index (χ0n) is 14.2. The number of carbonyl (C=O) groups is 2. The number of aryl methyl sites for hydroxylation is 1. The summed E-state index contributed by atoms with van der Waals surface area (Å²) in [6.07, 6.45) is 7.11. The first-order valence-electron chi connectivity index (χ1n) is 8.47. The van der Waals surface area contributed by atoms with Gasteiger partial charge < -0.3 is 10.1 Å². The zero-order chi connectivity index (χ0) is 18.1. The van der Waals surface area contributed by atoms with Gasteiger partial charge >= 0.3 is 5.97 Å². The molecule has 0 radical (unpaired) electrons. The van der Waals surface area contributed by atoms with E-state index in [1.807, 2.05) is 0 Å². The van der Waals surface area contributed by atoms with E-state index in [0.29, 0.717) is 16.3 Å². The first kappa shape index (κ1) is 16.6. The van der Waals surface area contributed by atoms with Crippen molar-refractivity contribution < 1.29 is 14.3 Å². The first-order valence-corrected chi connectivity index (χ1v) is 9.29. The van der Waals surface area contributed by atoms with Gasteiger partial charge in [0.05, 0.1) is 12.2 Å². The molecule has 9 heteroatoms. The Balaban J connectivity index is 1.67. The Morgan fingerprint density at radius 3 is 3.00 bits per heavy atom. The molecule has 3 aromatic heterocycles. The lowest BCUT2D eigenvalue weighted by Gasteiger charge is -2.12. The van der Waals surface area contributed by atoms with Crippen LogP contribution in [0, 0.1) is 0 Å². The highest BCUT2D eigenvalue weighted by Crippen LogP contribution is 2.38. The molecule has 1 amide bonds. The van der Waals surface area contributed by atoms with Crippen molar-refractivity contribution in [1.82, 2.24) is 19.6 Å². The number of aromatic nitrogens is 4. The van der Waals surface area contributed by atoms with Crippen molar-refractivity contribution in [3.8, 4) is 0 Å². The van der Waals surface area contributed by atoms with Gasteiger partial charge in [0.15, 0.2) is 0 Å². The molecule has 0 aliphatic heterocycles. The highest BCUT2D eigenvalue weighted by Gasteiger charge is 2.28. The van der Waals surface area contributed by atoms with E-state index in [4.69, 9.17) is 4.74 Å². The molecule has 4 rings (SSSR count). The highest BCUT2D eigenvalue weighted by molar-refractivity contribution is 7.17. The number of hydrogen-bond donors (Lipinski definition) is 1. The minimum Gasteiger partial charge on any atom is -0.462 e. The van der Waals surface area contributed by atoms with Gasteiger partial charge in [-0.25, -0.2) is 14.3 Å². The van der Waals surface area contributed by atoms with Gasteiger partial charge in [0.2, 0.25) is 5.82 Å². The Morgan fingerprint density at radius 1 is 1.35 bits per heavy atom. The highest BCUT2D eigenvalue weighted by atomic mass is 32.1. The van der Waals surface area contributed by atoms with Gasteiger partial charge in [0, 0.05) is 17.3 Å². The Bertz CT molecular complexity index is 961. The third kappa shape index (κ3) is 2.94. The van der Waals surface area contributed by atoms with Crippen LogP contribution in [-0.2, 0) is 17.6 Å². The molecule has 0 atom stereocenters. The number of thiophene rings is 1. The van der Waals surface area contributed by atoms with E-state index in [9.17, 15) is 9.59 Å². The van der Waals surface area contributed by atoms with Gasteiger partial charge in [-0.3, -0.25) is 4.79 Å². The Hall–Kier alpha value is -2.81. The van der Waals surface area contributed by atoms with Gasteiger partial charge in [0.1, 0.15) is 5.00 Å². The molecule has 0 bridgehead atoms. The second-order valence-electron chi connectivity index (χ2n) is 5.89. The summed E-state index contributed by atoms with van der Waals surface area (Å²) in [5, 5.41) is 7.42. The standard InChI is InChI=1S/C17H17N5O3S/c1-2-25-16(24)12-10-6-3-4-7-11(10)26-15(12)20-14(23)13-19-17-18-8-5-9-22(17)21-13/h5,8-9H,2-4,6-7H2,1H3,(H,20,23). The number of rotatable bonds is 4. The molecule has 0 saturated heterocycles. The molecule has 0 unspecified atom stereocenters. The fraction of sp³-hybridized carbons (Fsp3) is 0.353. The van der Waals surface area contributed by atoms with Crippen molar-refractivity contribution in [2.24, 2.45) is 0 Å². The summed E-state index contributed by atoms with van der Waals surface area (Å²) in [6, 6.07) is 1.70. The van der Waals surface area contributed by atoms with Crippen LogP contribution in [0.2, 0.25) is 0 Å². The second kappa shape index (κ2) is 6.83. The molecule has 0 aromatic carbocycles. The van der Waals surface area contributed by atoms with Crippen LogP contribution in [0.5, 0.6) is 0 Å². The summed E-state index contributed by atoms with van der Waals surface area (Å²) in [4.78, 5) is 34.4. The van der Waals surface area contributed by atoms with Gasteiger partial charge in [0.25, 0.3) is 11.7 Å². The van der Waals surface area contributed by atoms with Crippen LogP contribution in [0.15, 0.2) is 18.5 Å². The largest absolute Gasteiger partial charge is 0.462 e. The van der Waals surface area contributed by atoms with Crippen LogP contribution in [0.25, 0.3) is 5.78 Å². The van der Waals surface area contributed by atoms with Crippen LogP contribution < -0.4 is 5.32 Å². The summed E-state index contributed by atoms with van der Waals surface area (Å²) in [7, 11) is 0. The fourth-order valence-electron chi connectivity index (χ4n) is 3.06. The van der Waals surface area contributed by atoms with Crippen molar-refractivity contribution in [3.05, 3.63) is 40.3 Å². The number of ether oxygens (including phenoxy) is 1. The normalized spacial score (nSPS) is 13.4. The number of amides is 1. The zero-order valence-corrected chi connectivity index (χ0v) is 15.0. The van der Waals surface area contributed by atoms with E-state index in [-0.39, 0.29) is 12.4 Å². The Labute approximate surface area is 153 Å². The number of nitrogens with one attached hydrogen (secondary N) is 1. The summed E-state index contributed by atoms with van der Waals surface area (Å²) in [6.45, 7) is 2.05. The molecule has 1 aliphatic carbocycles.